The van der Waals surface area contributed by atoms with E-state index in [1.807, 2.05) is 20.8 Å². The Bertz CT molecular complexity index is 683. The monoisotopic (exact) mass is 376 g/mol. The second-order valence-corrected chi connectivity index (χ2v) is 7.92. The number of aromatic nitrogens is 1. The Morgan fingerprint density at radius 2 is 1.96 bits per heavy atom. The van der Waals surface area contributed by atoms with Crippen LogP contribution in [0.5, 0.6) is 5.88 Å². The molecule has 0 aliphatic carbocycles. The highest BCUT2D eigenvalue weighted by Crippen LogP contribution is 2.22. The van der Waals surface area contributed by atoms with Gasteiger partial charge in [-0.05, 0) is 32.9 Å². The van der Waals surface area contributed by atoms with Crippen LogP contribution in [0.4, 0.5) is 4.79 Å². The van der Waals surface area contributed by atoms with Crippen LogP contribution >= 0.6 is 0 Å². The van der Waals surface area contributed by atoms with Gasteiger partial charge in [-0.15, -0.1) is 0 Å². The molecule has 0 saturated carbocycles. The minimum atomic E-state index is -0.283. The van der Waals surface area contributed by atoms with Crippen molar-refractivity contribution in [2.24, 2.45) is 0 Å². The summed E-state index contributed by atoms with van der Waals surface area (Å²) in [5, 5.41) is 2.96. The van der Waals surface area contributed by atoms with E-state index in [1.165, 1.54) is 0 Å². The van der Waals surface area contributed by atoms with Crippen LogP contribution < -0.4 is 10.1 Å². The van der Waals surface area contributed by atoms with E-state index in [0.29, 0.717) is 57.3 Å². The second-order valence-electron chi connectivity index (χ2n) is 7.92. The Morgan fingerprint density at radius 3 is 2.67 bits per heavy atom. The summed E-state index contributed by atoms with van der Waals surface area (Å²) in [6.45, 7) is 9.17. The number of carbonyl (C=O) groups excluding carboxylic acids is 2. The summed E-state index contributed by atoms with van der Waals surface area (Å²) in [7, 11) is 0. The quantitative estimate of drug-likeness (QED) is 0.865. The number of nitrogens with one attached hydrogen (secondary N) is 1. The molecule has 2 fully saturated rings. The van der Waals surface area contributed by atoms with E-state index in [2.05, 4.69) is 10.3 Å². The summed E-state index contributed by atoms with van der Waals surface area (Å²) in [5.41, 5.74) is 0.173. The molecule has 3 rings (SSSR count). The molecule has 8 heteroatoms. The number of ether oxygens (including phenoxy) is 2. The standard InChI is InChI=1S/C19H28N4O4/c1-19(2,3)21-18(25)23-8-6-14(13-23)27-16-15(5-4-7-20-16)17(24)22-9-11-26-12-10-22/h4-5,7,14H,6,8-13H2,1-3H3,(H,21,25). The van der Waals surface area contributed by atoms with Crippen LogP contribution in [0.25, 0.3) is 0 Å². The SMILES string of the molecule is CC(C)(C)NC(=O)N1CCC(Oc2ncccc2C(=O)N2CCOCC2)C1. The lowest BCUT2D eigenvalue weighted by Crippen LogP contribution is -2.48. The fraction of sp³-hybridized carbons (Fsp3) is 0.632. The number of rotatable bonds is 3. The van der Waals surface area contributed by atoms with Crippen molar-refractivity contribution >= 4 is 11.9 Å². The lowest BCUT2D eigenvalue weighted by atomic mass is 10.1. The molecule has 0 bridgehead atoms. The van der Waals surface area contributed by atoms with Crippen LogP contribution in [0, 0.1) is 0 Å². The first-order valence-corrected chi connectivity index (χ1v) is 9.39. The third kappa shape index (κ3) is 5.09. The fourth-order valence-electron chi connectivity index (χ4n) is 3.15. The first kappa shape index (κ1) is 19.4. The van der Waals surface area contributed by atoms with E-state index in [9.17, 15) is 9.59 Å². The Balaban J connectivity index is 1.63. The van der Waals surface area contributed by atoms with Gasteiger partial charge in [-0.3, -0.25) is 4.79 Å². The average molecular weight is 376 g/mol. The zero-order valence-electron chi connectivity index (χ0n) is 16.2. The van der Waals surface area contributed by atoms with Crippen molar-refractivity contribution in [3.8, 4) is 5.88 Å². The third-order valence-electron chi connectivity index (χ3n) is 4.49. The van der Waals surface area contributed by atoms with Gasteiger partial charge in [-0.2, -0.15) is 0 Å². The van der Waals surface area contributed by atoms with Crippen LogP contribution in [-0.4, -0.2) is 77.8 Å². The minimum absolute atomic E-state index is 0.0956. The van der Waals surface area contributed by atoms with Gasteiger partial charge >= 0.3 is 6.03 Å². The van der Waals surface area contributed by atoms with Crippen molar-refractivity contribution in [1.29, 1.82) is 0 Å². The molecule has 3 heterocycles. The number of hydrogen-bond acceptors (Lipinski definition) is 5. The van der Waals surface area contributed by atoms with Gasteiger partial charge < -0.3 is 24.6 Å². The molecule has 1 aromatic rings. The van der Waals surface area contributed by atoms with E-state index < -0.39 is 0 Å². The predicted molar refractivity (Wildman–Crippen MR) is 99.9 cm³/mol. The van der Waals surface area contributed by atoms with E-state index in [0.717, 1.165) is 0 Å². The van der Waals surface area contributed by atoms with Gasteiger partial charge in [0.05, 0.1) is 19.8 Å². The minimum Gasteiger partial charge on any atom is -0.472 e. The van der Waals surface area contributed by atoms with Crippen molar-refractivity contribution in [2.45, 2.75) is 38.8 Å². The number of nitrogens with zero attached hydrogens (tertiary/aromatic N) is 3. The van der Waals surface area contributed by atoms with Crippen molar-refractivity contribution in [2.75, 3.05) is 39.4 Å². The molecule has 148 valence electrons. The highest BCUT2D eigenvalue weighted by Gasteiger charge is 2.31. The maximum atomic E-state index is 12.8. The first-order chi connectivity index (χ1) is 12.8. The van der Waals surface area contributed by atoms with Gasteiger partial charge in [0.15, 0.2) is 0 Å². The molecule has 2 saturated heterocycles. The number of pyridine rings is 1. The number of urea groups is 1. The van der Waals surface area contributed by atoms with Gasteiger partial charge in [0.25, 0.3) is 5.91 Å². The zero-order chi connectivity index (χ0) is 19.4. The number of amides is 3. The van der Waals surface area contributed by atoms with Gasteiger partial charge in [0.1, 0.15) is 11.7 Å². The highest BCUT2D eigenvalue weighted by molar-refractivity contribution is 5.96. The Labute approximate surface area is 159 Å². The molecular weight excluding hydrogens is 348 g/mol. The molecule has 2 aliphatic heterocycles. The Morgan fingerprint density at radius 1 is 1.22 bits per heavy atom. The lowest BCUT2D eigenvalue weighted by Gasteiger charge is -2.27. The molecule has 0 spiro atoms. The fourth-order valence-corrected chi connectivity index (χ4v) is 3.15. The number of morpholine rings is 1. The molecular formula is C19H28N4O4. The first-order valence-electron chi connectivity index (χ1n) is 9.39. The Kier molecular flexibility index (Phi) is 5.84. The summed E-state index contributed by atoms with van der Waals surface area (Å²) in [5.74, 6) is 0.235. The van der Waals surface area contributed by atoms with Crippen molar-refractivity contribution in [3.63, 3.8) is 0 Å². The van der Waals surface area contributed by atoms with E-state index >= 15 is 0 Å². The highest BCUT2D eigenvalue weighted by atomic mass is 16.5. The summed E-state index contributed by atoms with van der Waals surface area (Å²) in [4.78, 5) is 32.9. The smallest absolute Gasteiger partial charge is 0.317 e. The number of hydrogen-bond donors (Lipinski definition) is 1. The maximum absolute atomic E-state index is 12.8. The van der Waals surface area contributed by atoms with Crippen molar-refractivity contribution in [1.82, 2.24) is 20.1 Å². The summed E-state index contributed by atoms with van der Waals surface area (Å²) >= 11 is 0. The predicted octanol–water partition coefficient (Wildman–Crippen LogP) is 1.52. The van der Waals surface area contributed by atoms with Gasteiger partial charge in [0, 0.05) is 37.8 Å². The van der Waals surface area contributed by atoms with Crippen molar-refractivity contribution in [3.05, 3.63) is 23.9 Å². The molecule has 1 aromatic heterocycles. The van der Waals surface area contributed by atoms with Crippen LogP contribution in [-0.2, 0) is 4.74 Å². The number of carbonyl (C=O) groups is 2. The molecule has 1 N–H and O–H groups in total. The van der Waals surface area contributed by atoms with Crippen LogP contribution in [0.3, 0.4) is 0 Å². The second kappa shape index (κ2) is 8.12. The average Bonchev–Trinajstić information content (AvgIpc) is 3.10. The zero-order valence-corrected chi connectivity index (χ0v) is 16.2. The van der Waals surface area contributed by atoms with Gasteiger partial charge in [0.2, 0.25) is 5.88 Å². The molecule has 1 unspecified atom stereocenters. The molecule has 3 amide bonds. The van der Waals surface area contributed by atoms with E-state index in [4.69, 9.17) is 9.47 Å². The van der Waals surface area contributed by atoms with Crippen LogP contribution in [0.1, 0.15) is 37.6 Å². The summed E-state index contributed by atoms with van der Waals surface area (Å²) < 4.78 is 11.3. The maximum Gasteiger partial charge on any atom is 0.317 e. The normalized spacial score (nSPS) is 20.5. The molecule has 27 heavy (non-hydrogen) atoms. The van der Waals surface area contributed by atoms with E-state index in [1.54, 1.807) is 28.1 Å². The van der Waals surface area contributed by atoms with Gasteiger partial charge in [-0.25, -0.2) is 9.78 Å². The van der Waals surface area contributed by atoms with E-state index in [-0.39, 0.29) is 23.6 Å². The lowest BCUT2D eigenvalue weighted by molar-refractivity contribution is 0.0298. The summed E-state index contributed by atoms with van der Waals surface area (Å²) in [6, 6.07) is 3.37. The summed E-state index contributed by atoms with van der Waals surface area (Å²) in [6.07, 6.45) is 2.14. The van der Waals surface area contributed by atoms with Gasteiger partial charge in [-0.1, -0.05) is 0 Å². The molecule has 8 nitrogen and oxygen atoms in total. The largest absolute Gasteiger partial charge is 0.472 e. The third-order valence-corrected chi connectivity index (χ3v) is 4.49. The van der Waals surface area contributed by atoms with Crippen LogP contribution in [0.15, 0.2) is 18.3 Å². The molecule has 2 aliphatic rings. The number of likely N-dealkylation sites (tertiary alicyclic amines) is 1. The Hall–Kier alpha value is -2.35. The topological polar surface area (TPSA) is 84.0 Å². The van der Waals surface area contributed by atoms with Crippen LogP contribution in [0.2, 0.25) is 0 Å². The van der Waals surface area contributed by atoms with Crippen molar-refractivity contribution < 1.29 is 19.1 Å². The molecule has 1 atom stereocenters. The molecule has 0 radical (unpaired) electrons. The molecule has 0 aromatic carbocycles.